The van der Waals surface area contributed by atoms with Gasteiger partial charge >= 0.3 is 0 Å². The van der Waals surface area contributed by atoms with Crippen LogP contribution in [-0.4, -0.2) is 37.8 Å². The number of anilines is 1. The monoisotopic (exact) mass is 354 g/mol. The van der Waals surface area contributed by atoms with Gasteiger partial charge in [0.2, 0.25) is 0 Å². The Hall–Kier alpha value is -1.30. The molecule has 6 heteroatoms. The smallest absolute Gasteiger partial charge is 0.256 e. The van der Waals surface area contributed by atoms with Gasteiger partial charge in [-0.1, -0.05) is 0 Å². The molecule has 1 aliphatic carbocycles. The van der Waals surface area contributed by atoms with Crippen molar-refractivity contribution in [2.45, 2.75) is 50.2 Å². The number of benzene rings is 1. The summed E-state index contributed by atoms with van der Waals surface area (Å²) in [5, 5.41) is 6.23. The molecule has 2 aliphatic rings. The lowest BCUT2D eigenvalue weighted by Gasteiger charge is -2.34. The van der Waals surface area contributed by atoms with Crippen molar-refractivity contribution in [3.05, 3.63) is 24.3 Å². The predicted molar refractivity (Wildman–Crippen MR) is 97.0 cm³/mol. The quantitative estimate of drug-likeness (QED) is 0.852. The van der Waals surface area contributed by atoms with Crippen LogP contribution in [0, 0.1) is 0 Å². The first kappa shape index (κ1) is 19.0. The Balaban J connectivity index is 0.00000208. The minimum absolute atomic E-state index is 0. The molecule has 3 rings (SSSR count). The van der Waals surface area contributed by atoms with Gasteiger partial charge in [0, 0.05) is 12.8 Å². The normalized spacial score (nSPS) is 20.2. The first-order chi connectivity index (χ1) is 11.2. The van der Waals surface area contributed by atoms with Crippen molar-refractivity contribution in [1.82, 2.24) is 5.32 Å². The molecule has 1 aromatic rings. The molecule has 0 aromatic heterocycles. The summed E-state index contributed by atoms with van der Waals surface area (Å²) in [5.74, 6) is 0.809. The number of nitrogens with one attached hydrogen (secondary N) is 2. The zero-order chi connectivity index (χ0) is 16.1. The number of carbonyl (C=O) groups excluding carboxylic acids is 1. The Kier molecular flexibility index (Phi) is 6.90. The number of methoxy groups -OCH3 is 1. The van der Waals surface area contributed by atoms with Crippen LogP contribution in [-0.2, 0) is 9.53 Å². The van der Waals surface area contributed by atoms with Gasteiger partial charge in [-0.05, 0) is 75.9 Å². The van der Waals surface area contributed by atoms with Gasteiger partial charge < -0.3 is 20.1 Å². The van der Waals surface area contributed by atoms with E-state index in [1.165, 1.54) is 12.8 Å². The van der Waals surface area contributed by atoms with Gasteiger partial charge in [-0.25, -0.2) is 0 Å². The lowest BCUT2D eigenvalue weighted by atomic mass is 9.91. The summed E-state index contributed by atoms with van der Waals surface area (Å²) >= 11 is 0. The van der Waals surface area contributed by atoms with Gasteiger partial charge in [-0.3, -0.25) is 4.79 Å². The van der Waals surface area contributed by atoms with Crippen molar-refractivity contribution in [3.63, 3.8) is 0 Å². The van der Waals surface area contributed by atoms with Gasteiger partial charge in [0.1, 0.15) is 11.4 Å². The largest absolute Gasteiger partial charge is 0.490 e. The molecule has 1 amide bonds. The number of halogens is 1. The molecule has 1 heterocycles. The second kappa shape index (κ2) is 8.70. The van der Waals surface area contributed by atoms with E-state index in [0.717, 1.165) is 37.4 Å². The van der Waals surface area contributed by atoms with E-state index >= 15 is 0 Å². The van der Waals surface area contributed by atoms with E-state index in [0.29, 0.717) is 18.9 Å². The number of piperidine rings is 1. The Morgan fingerprint density at radius 2 is 1.79 bits per heavy atom. The van der Waals surface area contributed by atoms with Crippen LogP contribution in [0.1, 0.15) is 38.5 Å². The molecule has 2 fully saturated rings. The van der Waals surface area contributed by atoms with E-state index in [1.807, 2.05) is 24.3 Å². The van der Waals surface area contributed by atoms with Gasteiger partial charge in [-0.15, -0.1) is 12.4 Å². The number of carbonyl (C=O) groups is 1. The van der Waals surface area contributed by atoms with Crippen molar-refractivity contribution < 1.29 is 14.3 Å². The zero-order valence-corrected chi connectivity index (χ0v) is 15.0. The summed E-state index contributed by atoms with van der Waals surface area (Å²) < 4.78 is 11.5. The molecule has 0 atom stereocenters. The van der Waals surface area contributed by atoms with E-state index in [4.69, 9.17) is 9.47 Å². The second-order valence-corrected chi connectivity index (χ2v) is 6.45. The van der Waals surface area contributed by atoms with Crippen molar-refractivity contribution >= 4 is 24.0 Å². The van der Waals surface area contributed by atoms with Crippen LogP contribution in [0.5, 0.6) is 5.75 Å². The molecular weight excluding hydrogens is 328 g/mol. The average Bonchev–Trinajstić information content (AvgIpc) is 3.10. The molecule has 24 heavy (non-hydrogen) atoms. The van der Waals surface area contributed by atoms with Crippen LogP contribution in [0.3, 0.4) is 0 Å². The molecule has 0 unspecified atom stereocenters. The highest BCUT2D eigenvalue weighted by atomic mass is 35.5. The number of rotatable bonds is 5. The fourth-order valence-corrected chi connectivity index (χ4v) is 3.41. The summed E-state index contributed by atoms with van der Waals surface area (Å²) in [5.41, 5.74) is 0.0632. The highest BCUT2D eigenvalue weighted by Crippen LogP contribution is 2.27. The Bertz CT molecular complexity index is 524. The van der Waals surface area contributed by atoms with E-state index in [9.17, 15) is 4.79 Å². The third kappa shape index (κ3) is 4.41. The molecule has 1 saturated heterocycles. The Labute approximate surface area is 149 Å². The van der Waals surface area contributed by atoms with Gasteiger partial charge in [-0.2, -0.15) is 0 Å². The Morgan fingerprint density at radius 3 is 2.38 bits per heavy atom. The summed E-state index contributed by atoms with van der Waals surface area (Å²) in [6.45, 7) is 1.60. The first-order valence-corrected chi connectivity index (χ1v) is 8.56. The SMILES string of the molecule is COC1(C(=O)Nc2ccc(OC3CCCC3)cc2)CCNCC1.Cl. The number of hydrogen-bond acceptors (Lipinski definition) is 4. The third-order valence-corrected chi connectivity index (χ3v) is 4.93. The average molecular weight is 355 g/mol. The van der Waals surface area contributed by atoms with Gasteiger partial charge in [0.25, 0.3) is 5.91 Å². The standard InChI is InChI=1S/C18H26N2O3.ClH/c1-22-18(10-12-19-13-11-18)17(21)20-14-6-8-16(9-7-14)23-15-4-2-3-5-15;/h6-9,15,19H,2-5,10-13H2,1H3,(H,20,21);1H. The topological polar surface area (TPSA) is 59.6 Å². The van der Waals surface area contributed by atoms with E-state index in [2.05, 4.69) is 10.6 Å². The van der Waals surface area contributed by atoms with Crippen molar-refractivity contribution in [2.75, 3.05) is 25.5 Å². The van der Waals surface area contributed by atoms with Crippen molar-refractivity contribution in [2.24, 2.45) is 0 Å². The molecule has 5 nitrogen and oxygen atoms in total. The van der Waals surface area contributed by atoms with Crippen LogP contribution in [0.15, 0.2) is 24.3 Å². The van der Waals surface area contributed by atoms with Crippen LogP contribution < -0.4 is 15.4 Å². The maximum absolute atomic E-state index is 12.6. The van der Waals surface area contributed by atoms with Crippen LogP contribution in [0.4, 0.5) is 5.69 Å². The fourth-order valence-electron chi connectivity index (χ4n) is 3.41. The summed E-state index contributed by atoms with van der Waals surface area (Å²) in [7, 11) is 1.61. The molecule has 1 aliphatic heterocycles. The molecule has 1 aromatic carbocycles. The van der Waals surface area contributed by atoms with Crippen molar-refractivity contribution in [1.29, 1.82) is 0 Å². The van der Waals surface area contributed by atoms with Crippen LogP contribution in [0.25, 0.3) is 0 Å². The minimum Gasteiger partial charge on any atom is -0.490 e. The van der Waals surface area contributed by atoms with Crippen molar-refractivity contribution in [3.8, 4) is 5.75 Å². The number of hydrogen-bond donors (Lipinski definition) is 2. The molecule has 134 valence electrons. The molecular formula is C18H27ClN2O3. The molecule has 0 radical (unpaired) electrons. The summed E-state index contributed by atoms with van der Waals surface area (Å²) in [6, 6.07) is 7.64. The number of amides is 1. The first-order valence-electron chi connectivity index (χ1n) is 8.56. The van der Waals surface area contributed by atoms with E-state index < -0.39 is 5.60 Å². The third-order valence-electron chi connectivity index (χ3n) is 4.93. The summed E-state index contributed by atoms with van der Waals surface area (Å²) in [4.78, 5) is 12.6. The summed E-state index contributed by atoms with van der Waals surface area (Å²) in [6.07, 6.45) is 6.53. The number of ether oxygens (including phenoxy) is 2. The van der Waals surface area contributed by atoms with E-state index in [1.54, 1.807) is 7.11 Å². The molecule has 0 spiro atoms. The Morgan fingerprint density at radius 1 is 1.17 bits per heavy atom. The second-order valence-electron chi connectivity index (χ2n) is 6.45. The van der Waals surface area contributed by atoms with E-state index in [-0.39, 0.29) is 18.3 Å². The minimum atomic E-state index is -0.718. The van der Waals surface area contributed by atoms with Gasteiger partial charge in [0.15, 0.2) is 0 Å². The highest BCUT2D eigenvalue weighted by Gasteiger charge is 2.39. The highest BCUT2D eigenvalue weighted by molar-refractivity contribution is 5.97. The van der Waals surface area contributed by atoms with Crippen LogP contribution >= 0.6 is 12.4 Å². The molecule has 1 saturated carbocycles. The van der Waals surface area contributed by atoms with Gasteiger partial charge in [0.05, 0.1) is 6.10 Å². The predicted octanol–water partition coefficient (Wildman–Crippen LogP) is 3.14. The zero-order valence-electron chi connectivity index (χ0n) is 14.2. The molecule has 2 N–H and O–H groups in total. The van der Waals surface area contributed by atoms with Crippen LogP contribution in [0.2, 0.25) is 0 Å². The maximum atomic E-state index is 12.6. The molecule has 0 bridgehead atoms. The maximum Gasteiger partial charge on any atom is 0.256 e. The lowest BCUT2D eigenvalue weighted by Crippen LogP contribution is -2.51. The fraction of sp³-hybridized carbons (Fsp3) is 0.611. The lowest BCUT2D eigenvalue weighted by molar-refractivity contribution is -0.140.